The summed E-state index contributed by atoms with van der Waals surface area (Å²) < 4.78 is 0. The number of benzene rings is 1. The third-order valence-corrected chi connectivity index (χ3v) is 4.13. The van der Waals surface area contributed by atoms with Gasteiger partial charge < -0.3 is 10.6 Å². The molecule has 19 heavy (non-hydrogen) atoms. The van der Waals surface area contributed by atoms with Gasteiger partial charge >= 0.3 is 0 Å². The van der Waals surface area contributed by atoms with Gasteiger partial charge in [-0.3, -0.25) is 4.79 Å². The van der Waals surface area contributed by atoms with Gasteiger partial charge in [0.05, 0.1) is 5.54 Å². The number of thioether (sulfide) groups is 1. The minimum atomic E-state index is -0.609. The molecule has 0 spiro atoms. The zero-order chi connectivity index (χ0) is 13.9. The Bertz CT molecular complexity index is 466. The molecule has 2 rings (SSSR count). The average molecular weight is 276 g/mol. The number of hydrogen-bond acceptors (Lipinski definition) is 3. The third-order valence-electron chi connectivity index (χ3n) is 3.38. The normalized spacial score (nSPS) is 15.9. The highest BCUT2D eigenvalue weighted by Gasteiger charge is 2.47. The molecule has 0 bridgehead atoms. The standard InChI is InChI=1S/C15H20N2OS/c1-3-10-17(14(18)15(16)8-9-15)11-12-4-6-13(19-2)7-5-12/h3-7H,1,8-11,16H2,2H3. The second kappa shape index (κ2) is 5.80. The van der Waals surface area contributed by atoms with Crippen LogP contribution in [0.2, 0.25) is 0 Å². The van der Waals surface area contributed by atoms with Gasteiger partial charge in [-0.25, -0.2) is 0 Å². The molecule has 1 aromatic rings. The minimum Gasteiger partial charge on any atom is -0.333 e. The predicted molar refractivity (Wildman–Crippen MR) is 80.0 cm³/mol. The Morgan fingerprint density at radius 2 is 2.11 bits per heavy atom. The van der Waals surface area contributed by atoms with Crippen LogP contribution in [0.1, 0.15) is 18.4 Å². The molecule has 0 saturated heterocycles. The molecular formula is C15H20N2OS. The fraction of sp³-hybridized carbons (Fsp3) is 0.400. The van der Waals surface area contributed by atoms with Crippen LogP contribution in [0.3, 0.4) is 0 Å². The molecule has 1 aromatic carbocycles. The largest absolute Gasteiger partial charge is 0.333 e. The van der Waals surface area contributed by atoms with E-state index in [4.69, 9.17) is 5.73 Å². The quantitative estimate of drug-likeness (QED) is 0.641. The van der Waals surface area contributed by atoms with Gasteiger partial charge in [0.15, 0.2) is 0 Å². The highest BCUT2D eigenvalue weighted by molar-refractivity contribution is 7.98. The Hall–Kier alpha value is -1.26. The van der Waals surface area contributed by atoms with Gasteiger partial charge in [0, 0.05) is 18.0 Å². The molecule has 0 aromatic heterocycles. The van der Waals surface area contributed by atoms with Gasteiger partial charge in [-0.2, -0.15) is 0 Å². The summed E-state index contributed by atoms with van der Waals surface area (Å²) in [5.74, 6) is 0.0429. The summed E-state index contributed by atoms with van der Waals surface area (Å²) in [6.45, 7) is 4.86. The van der Waals surface area contributed by atoms with E-state index in [1.54, 1.807) is 22.7 Å². The van der Waals surface area contributed by atoms with Gasteiger partial charge in [-0.05, 0) is 36.8 Å². The van der Waals surface area contributed by atoms with E-state index in [0.29, 0.717) is 13.1 Å². The van der Waals surface area contributed by atoms with Crippen molar-refractivity contribution in [2.75, 3.05) is 12.8 Å². The molecule has 0 atom stereocenters. The number of amides is 1. The van der Waals surface area contributed by atoms with Crippen LogP contribution in [0, 0.1) is 0 Å². The maximum absolute atomic E-state index is 12.3. The second-order valence-electron chi connectivity index (χ2n) is 4.98. The van der Waals surface area contributed by atoms with Gasteiger partial charge in [0.1, 0.15) is 0 Å². The number of nitrogens with two attached hydrogens (primary N) is 1. The molecule has 3 nitrogen and oxygen atoms in total. The maximum Gasteiger partial charge on any atom is 0.243 e. The highest BCUT2D eigenvalue weighted by atomic mass is 32.2. The molecule has 0 unspecified atom stereocenters. The zero-order valence-corrected chi connectivity index (χ0v) is 12.1. The molecule has 0 heterocycles. The van der Waals surface area contributed by atoms with Gasteiger partial charge in [-0.15, -0.1) is 18.3 Å². The van der Waals surface area contributed by atoms with Crippen LogP contribution in [-0.2, 0) is 11.3 Å². The van der Waals surface area contributed by atoms with Gasteiger partial charge in [0.25, 0.3) is 0 Å². The molecule has 102 valence electrons. The first-order valence-electron chi connectivity index (χ1n) is 6.41. The van der Waals surface area contributed by atoms with E-state index >= 15 is 0 Å². The molecule has 1 saturated carbocycles. The van der Waals surface area contributed by atoms with Crippen LogP contribution >= 0.6 is 11.8 Å². The fourth-order valence-electron chi connectivity index (χ4n) is 1.99. The van der Waals surface area contributed by atoms with Crippen LogP contribution in [0.4, 0.5) is 0 Å². The number of nitrogens with zero attached hydrogens (tertiary/aromatic N) is 1. The van der Waals surface area contributed by atoms with Gasteiger partial charge in [0.2, 0.25) is 5.91 Å². The van der Waals surface area contributed by atoms with Crippen LogP contribution in [0.15, 0.2) is 41.8 Å². The summed E-state index contributed by atoms with van der Waals surface area (Å²) >= 11 is 1.71. The lowest BCUT2D eigenvalue weighted by Crippen LogP contribution is -2.45. The molecule has 0 radical (unpaired) electrons. The summed E-state index contributed by atoms with van der Waals surface area (Å²) in [5.41, 5.74) is 6.51. The summed E-state index contributed by atoms with van der Waals surface area (Å²) in [4.78, 5) is 15.3. The van der Waals surface area contributed by atoms with Crippen molar-refractivity contribution in [2.45, 2.75) is 29.8 Å². The lowest BCUT2D eigenvalue weighted by molar-refractivity contribution is -0.133. The number of hydrogen-bond donors (Lipinski definition) is 1. The molecule has 2 N–H and O–H groups in total. The Morgan fingerprint density at radius 1 is 1.47 bits per heavy atom. The van der Waals surface area contributed by atoms with Crippen molar-refractivity contribution < 1.29 is 4.79 Å². The maximum atomic E-state index is 12.3. The number of carbonyl (C=O) groups excluding carboxylic acids is 1. The van der Waals surface area contributed by atoms with Crippen molar-refractivity contribution in [1.29, 1.82) is 0 Å². The Balaban J connectivity index is 2.06. The van der Waals surface area contributed by atoms with E-state index in [9.17, 15) is 4.79 Å². The van der Waals surface area contributed by atoms with E-state index < -0.39 is 5.54 Å². The molecule has 0 aliphatic heterocycles. The Labute approximate surface area is 118 Å². The average Bonchev–Trinajstić information content (AvgIpc) is 3.17. The van der Waals surface area contributed by atoms with E-state index in [0.717, 1.165) is 18.4 Å². The lowest BCUT2D eigenvalue weighted by atomic mass is 10.1. The van der Waals surface area contributed by atoms with E-state index in [1.807, 2.05) is 6.26 Å². The third kappa shape index (κ3) is 3.39. The summed E-state index contributed by atoms with van der Waals surface area (Å²) in [6.07, 6.45) is 5.39. The molecule has 1 fully saturated rings. The summed E-state index contributed by atoms with van der Waals surface area (Å²) in [6, 6.07) is 8.27. The first-order chi connectivity index (χ1) is 9.09. The highest BCUT2D eigenvalue weighted by Crippen LogP contribution is 2.34. The number of carbonyl (C=O) groups is 1. The first-order valence-corrected chi connectivity index (χ1v) is 7.63. The Kier molecular flexibility index (Phi) is 4.32. The topological polar surface area (TPSA) is 46.3 Å². The van der Waals surface area contributed by atoms with E-state index in [1.165, 1.54) is 4.90 Å². The molecule has 4 heteroatoms. The smallest absolute Gasteiger partial charge is 0.243 e. The van der Waals surface area contributed by atoms with Crippen LogP contribution in [0.25, 0.3) is 0 Å². The van der Waals surface area contributed by atoms with E-state index in [-0.39, 0.29) is 5.91 Å². The summed E-state index contributed by atoms with van der Waals surface area (Å²) in [5, 5.41) is 0. The fourth-order valence-corrected chi connectivity index (χ4v) is 2.40. The number of rotatable bonds is 6. The van der Waals surface area contributed by atoms with Crippen molar-refractivity contribution in [2.24, 2.45) is 5.73 Å². The second-order valence-corrected chi connectivity index (χ2v) is 5.86. The Morgan fingerprint density at radius 3 is 2.58 bits per heavy atom. The van der Waals surface area contributed by atoms with Crippen LogP contribution in [0.5, 0.6) is 0 Å². The molecular weight excluding hydrogens is 256 g/mol. The monoisotopic (exact) mass is 276 g/mol. The molecule has 1 aliphatic carbocycles. The minimum absolute atomic E-state index is 0.0429. The van der Waals surface area contributed by atoms with Crippen molar-refractivity contribution in [3.8, 4) is 0 Å². The van der Waals surface area contributed by atoms with Crippen molar-refractivity contribution in [3.05, 3.63) is 42.5 Å². The van der Waals surface area contributed by atoms with E-state index in [2.05, 4.69) is 30.8 Å². The van der Waals surface area contributed by atoms with Crippen LogP contribution < -0.4 is 5.73 Å². The lowest BCUT2D eigenvalue weighted by Gasteiger charge is -2.24. The first kappa shape index (κ1) is 14.2. The van der Waals surface area contributed by atoms with Crippen LogP contribution in [-0.4, -0.2) is 29.1 Å². The van der Waals surface area contributed by atoms with Crippen molar-refractivity contribution in [3.63, 3.8) is 0 Å². The SMILES string of the molecule is C=CCN(Cc1ccc(SC)cc1)C(=O)C1(N)CC1. The van der Waals surface area contributed by atoms with Crippen molar-refractivity contribution >= 4 is 17.7 Å². The molecule has 1 amide bonds. The summed E-state index contributed by atoms with van der Waals surface area (Å²) in [7, 11) is 0. The van der Waals surface area contributed by atoms with Crippen molar-refractivity contribution in [1.82, 2.24) is 4.90 Å². The van der Waals surface area contributed by atoms with Gasteiger partial charge in [-0.1, -0.05) is 18.2 Å². The molecule has 1 aliphatic rings. The zero-order valence-electron chi connectivity index (χ0n) is 11.3. The predicted octanol–water partition coefficient (Wildman–Crippen LogP) is 2.41.